The van der Waals surface area contributed by atoms with Crippen molar-refractivity contribution in [1.82, 2.24) is 5.32 Å². The second kappa shape index (κ2) is 5.31. The molecule has 1 saturated heterocycles. The quantitative estimate of drug-likeness (QED) is 0.800. The molecule has 0 radical (unpaired) electrons. The molecule has 2 aliphatic rings. The van der Waals surface area contributed by atoms with Crippen molar-refractivity contribution in [2.75, 3.05) is 18.0 Å². The Morgan fingerprint density at radius 3 is 2.89 bits per heavy atom. The number of piperidine rings is 1. The fourth-order valence-corrected chi connectivity index (χ4v) is 3.56. The molecule has 1 aliphatic heterocycles. The first-order chi connectivity index (χ1) is 8.88. The van der Waals surface area contributed by atoms with Gasteiger partial charge in [-0.15, -0.1) is 0 Å². The molecule has 1 aromatic carbocycles. The van der Waals surface area contributed by atoms with Crippen molar-refractivity contribution in [3.05, 3.63) is 29.8 Å². The largest absolute Gasteiger partial charge is 0.368 e. The van der Waals surface area contributed by atoms with E-state index in [2.05, 4.69) is 41.4 Å². The molecule has 2 fully saturated rings. The van der Waals surface area contributed by atoms with Crippen molar-refractivity contribution in [3.8, 4) is 0 Å². The van der Waals surface area contributed by atoms with E-state index in [1.807, 2.05) is 0 Å². The van der Waals surface area contributed by atoms with Crippen molar-refractivity contribution >= 4 is 5.69 Å². The molecular weight excluding hydrogens is 220 g/mol. The Kier molecular flexibility index (Phi) is 3.55. The Balaban J connectivity index is 1.74. The highest BCUT2D eigenvalue weighted by molar-refractivity contribution is 5.55. The van der Waals surface area contributed by atoms with Gasteiger partial charge in [-0.05, 0) is 49.8 Å². The summed E-state index contributed by atoms with van der Waals surface area (Å²) in [4.78, 5) is 2.66. The van der Waals surface area contributed by atoms with Crippen molar-refractivity contribution in [2.45, 2.75) is 45.2 Å². The average molecular weight is 244 g/mol. The highest BCUT2D eigenvalue weighted by atomic mass is 15.2. The summed E-state index contributed by atoms with van der Waals surface area (Å²) in [7, 11) is 0. The zero-order valence-corrected chi connectivity index (χ0v) is 11.4. The third-order valence-electron chi connectivity index (χ3n) is 4.45. The number of rotatable bonds is 5. The molecule has 1 aromatic rings. The number of fused-ring (bicyclic) bond motifs is 2. The maximum atomic E-state index is 3.53. The van der Waals surface area contributed by atoms with Crippen LogP contribution in [0.5, 0.6) is 0 Å². The Hall–Kier alpha value is -1.02. The van der Waals surface area contributed by atoms with Gasteiger partial charge in [0.15, 0.2) is 0 Å². The van der Waals surface area contributed by atoms with Crippen LogP contribution in [0.15, 0.2) is 24.3 Å². The third-order valence-corrected chi connectivity index (χ3v) is 4.45. The second-order valence-corrected chi connectivity index (χ2v) is 5.79. The summed E-state index contributed by atoms with van der Waals surface area (Å²) in [6.45, 7) is 5.63. The van der Waals surface area contributed by atoms with E-state index in [0.717, 1.165) is 25.0 Å². The summed E-state index contributed by atoms with van der Waals surface area (Å²) < 4.78 is 0. The predicted octanol–water partition coefficient (Wildman–Crippen LogP) is 3.17. The molecule has 2 bridgehead atoms. The first kappa shape index (κ1) is 12.0. The highest BCUT2D eigenvalue weighted by Gasteiger charge is 2.38. The van der Waals surface area contributed by atoms with Crippen LogP contribution in [0.2, 0.25) is 0 Å². The van der Waals surface area contributed by atoms with Crippen LogP contribution in [0, 0.1) is 5.92 Å². The van der Waals surface area contributed by atoms with Gasteiger partial charge in [0, 0.05) is 24.8 Å². The molecule has 2 heteroatoms. The van der Waals surface area contributed by atoms with E-state index in [1.165, 1.54) is 43.5 Å². The summed E-state index contributed by atoms with van der Waals surface area (Å²) in [5.41, 5.74) is 2.95. The minimum atomic E-state index is 0.822. The lowest BCUT2D eigenvalue weighted by Crippen LogP contribution is -2.33. The molecule has 1 N–H and O–H groups in total. The molecule has 0 amide bonds. The van der Waals surface area contributed by atoms with E-state index >= 15 is 0 Å². The third kappa shape index (κ3) is 2.26. The number of nitrogens with zero attached hydrogens (tertiary/aromatic N) is 1. The maximum Gasteiger partial charge on any atom is 0.0414 e. The molecule has 3 rings (SSSR count). The first-order valence-electron chi connectivity index (χ1n) is 7.43. The Morgan fingerprint density at radius 1 is 1.28 bits per heavy atom. The van der Waals surface area contributed by atoms with Crippen molar-refractivity contribution in [1.29, 1.82) is 0 Å². The maximum absolute atomic E-state index is 3.53. The highest BCUT2D eigenvalue weighted by Crippen LogP contribution is 2.41. The van der Waals surface area contributed by atoms with Gasteiger partial charge in [-0.2, -0.15) is 0 Å². The summed E-state index contributed by atoms with van der Waals surface area (Å²) in [6.07, 6.45) is 5.49. The molecule has 2 unspecified atom stereocenters. The number of nitrogens with one attached hydrogen (secondary N) is 1. The molecule has 2 atom stereocenters. The normalized spacial score (nSPS) is 25.9. The van der Waals surface area contributed by atoms with Crippen LogP contribution in [-0.4, -0.2) is 19.1 Å². The lowest BCUT2D eigenvalue weighted by Gasteiger charge is -2.31. The fraction of sp³-hybridized carbons (Fsp3) is 0.625. The second-order valence-electron chi connectivity index (χ2n) is 5.79. The summed E-state index contributed by atoms with van der Waals surface area (Å²) in [5.74, 6) is 0.964. The SMILES string of the molecule is CCCNCc1ccccc1N1CC2CCC1C2. The van der Waals surface area contributed by atoms with Crippen LogP contribution < -0.4 is 10.2 Å². The molecule has 0 spiro atoms. The van der Waals surface area contributed by atoms with Gasteiger partial charge in [-0.1, -0.05) is 25.1 Å². The summed E-state index contributed by atoms with van der Waals surface area (Å²) in [6, 6.07) is 9.77. The number of anilines is 1. The molecule has 18 heavy (non-hydrogen) atoms. The molecule has 98 valence electrons. The lowest BCUT2D eigenvalue weighted by molar-refractivity contribution is 0.551. The van der Waals surface area contributed by atoms with E-state index in [1.54, 1.807) is 0 Å². The Labute approximate surface area is 110 Å². The minimum Gasteiger partial charge on any atom is -0.368 e. The summed E-state index contributed by atoms with van der Waals surface area (Å²) >= 11 is 0. The molecule has 2 nitrogen and oxygen atoms in total. The van der Waals surface area contributed by atoms with Gasteiger partial charge in [0.2, 0.25) is 0 Å². The van der Waals surface area contributed by atoms with Crippen LogP contribution in [-0.2, 0) is 6.54 Å². The fourth-order valence-electron chi connectivity index (χ4n) is 3.56. The van der Waals surface area contributed by atoms with Crippen molar-refractivity contribution < 1.29 is 0 Å². The van der Waals surface area contributed by atoms with Gasteiger partial charge >= 0.3 is 0 Å². The molecule has 0 aromatic heterocycles. The van der Waals surface area contributed by atoms with Crippen LogP contribution >= 0.6 is 0 Å². The zero-order valence-electron chi connectivity index (χ0n) is 11.4. The average Bonchev–Trinajstić information content (AvgIpc) is 3.02. The monoisotopic (exact) mass is 244 g/mol. The molecule has 1 aliphatic carbocycles. The standard InChI is InChI=1S/C16H24N2/c1-2-9-17-11-14-5-3-4-6-16(14)18-12-13-7-8-15(18)10-13/h3-6,13,15,17H,2,7-12H2,1H3. The van der Waals surface area contributed by atoms with Gasteiger partial charge in [0.05, 0.1) is 0 Å². The number of hydrogen-bond donors (Lipinski definition) is 1. The number of para-hydroxylation sites is 1. The Morgan fingerprint density at radius 2 is 2.17 bits per heavy atom. The van der Waals surface area contributed by atoms with Crippen LogP contribution in [0.4, 0.5) is 5.69 Å². The van der Waals surface area contributed by atoms with E-state index < -0.39 is 0 Å². The smallest absolute Gasteiger partial charge is 0.0414 e. The van der Waals surface area contributed by atoms with Gasteiger partial charge in [-0.3, -0.25) is 0 Å². The van der Waals surface area contributed by atoms with Crippen LogP contribution in [0.1, 0.15) is 38.2 Å². The van der Waals surface area contributed by atoms with E-state index in [-0.39, 0.29) is 0 Å². The van der Waals surface area contributed by atoms with Crippen molar-refractivity contribution in [3.63, 3.8) is 0 Å². The number of benzene rings is 1. The summed E-state index contributed by atoms with van der Waals surface area (Å²) in [5, 5.41) is 3.53. The minimum absolute atomic E-state index is 0.822. The van der Waals surface area contributed by atoms with Crippen molar-refractivity contribution in [2.24, 2.45) is 5.92 Å². The van der Waals surface area contributed by atoms with Gasteiger partial charge < -0.3 is 10.2 Å². The van der Waals surface area contributed by atoms with E-state index in [9.17, 15) is 0 Å². The molecule has 1 saturated carbocycles. The Bertz CT molecular complexity index is 402. The van der Waals surface area contributed by atoms with Gasteiger partial charge in [0.1, 0.15) is 0 Å². The zero-order chi connectivity index (χ0) is 12.4. The first-order valence-corrected chi connectivity index (χ1v) is 7.43. The van der Waals surface area contributed by atoms with E-state index in [4.69, 9.17) is 0 Å². The topological polar surface area (TPSA) is 15.3 Å². The van der Waals surface area contributed by atoms with Gasteiger partial charge in [0.25, 0.3) is 0 Å². The number of hydrogen-bond acceptors (Lipinski definition) is 2. The molecule has 1 heterocycles. The van der Waals surface area contributed by atoms with Gasteiger partial charge in [-0.25, -0.2) is 0 Å². The van der Waals surface area contributed by atoms with Crippen LogP contribution in [0.3, 0.4) is 0 Å². The molecular formula is C16H24N2. The van der Waals surface area contributed by atoms with E-state index in [0.29, 0.717) is 0 Å². The predicted molar refractivity (Wildman–Crippen MR) is 76.9 cm³/mol. The lowest BCUT2D eigenvalue weighted by atomic mass is 10.1. The van der Waals surface area contributed by atoms with Crippen LogP contribution in [0.25, 0.3) is 0 Å².